The van der Waals surface area contributed by atoms with Crippen molar-refractivity contribution in [2.75, 3.05) is 25.6 Å². The van der Waals surface area contributed by atoms with Gasteiger partial charge in [0.15, 0.2) is 5.82 Å². The first-order valence-electron chi connectivity index (χ1n) is 6.19. The van der Waals surface area contributed by atoms with Crippen LogP contribution in [0.5, 0.6) is 0 Å². The Bertz CT molecular complexity index is 574. The molecule has 1 aromatic heterocycles. The van der Waals surface area contributed by atoms with Gasteiger partial charge in [-0.3, -0.25) is 5.10 Å². The van der Waals surface area contributed by atoms with Gasteiger partial charge < -0.3 is 10.1 Å². The number of benzene rings is 1. The molecule has 4 heteroatoms. The summed E-state index contributed by atoms with van der Waals surface area (Å²) in [7, 11) is 1.70. The second kappa shape index (κ2) is 4.46. The van der Waals surface area contributed by atoms with Gasteiger partial charge in [0.2, 0.25) is 0 Å². The molecular weight excluding hydrogens is 226 g/mol. The predicted molar refractivity (Wildman–Crippen MR) is 71.9 cm³/mol. The maximum Gasteiger partial charge on any atom is 0.152 e. The highest BCUT2D eigenvalue weighted by atomic mass is 16.5. The highest BCUT2D eigenvalue weighted by Gasteiger charge is 2.24. The number of rotatable bonds is 4. The number of aromatic nitrogens is 2. The molecule has 0 radical (unpaired) electrons. The van der Waals surface area contributed by atoms with Gasteiger partial charge in [0.25, 0.3) is 0 Å². The minimum Gasteiger partial charge on any atom is -0.383 e. The number of fused-ring (bicyclic) bond motifs is 3. The summed E-state index contributed by atoms with van der Waals surface area (Å²) in [6, 6.07) is 6.59. The number of hydrogen-bond donors (Lipinski definition) is 2. The standard InChI is InChI=1S/C14H17N3O/c1-9-3-4-10-8-12-13(11(10)7-9)16-17-14(12)15-5-6-18-2/h3-4,7H,5-6,8H2,1-2H3,(H2,15,16,17). The molecule has 3 rings (SSSR count). The average Bonchev–Trinajstić information content (AvgIpc) is 2.90. The van der Waals surface area contributed by atoms with E-state index in [2.05, 4.69) is 40.6 Å². The first-order chi connectivity index (χ1) is 8.79. The van der Waals surface area contributed by atoms with Crippen LogP contribution in [0.2, 0.25) is 0 Å². The summed E-state index contributed by atoms with van der Waals surface area (Å²) in [4.78, 5) is 0. The number of anilines is 1. The van der Waals surface area contributed by atoms with Crippen molar-refractivity contribution in [1.82, 2.24) is 10.2 Å². The van der Waals surface area contributed by atoms with Crippen molar-refractivity contribution in [3.8, 4) is 11.3 Å². The molecule has 0 bridgehead atoms. The summed E-state index contributed by atoms with van der Waals surface area (Å²) in [5.41, 5.74) is 6.38. The van der Waals surface area contributed by atoms with Crippen LogP contribution in [0.25, 0.3) is 11.3 Å². The number of H-pyrrole nitrogens is 1. The third kappa shape index (κ3) is 1.78. The zero-order chi connectivity index (χ0) is 12.5. The smallest absolute Gasteiger partial charge is 0.152 e. The monoisotopic (exact) mass is 243 g/mol. The second-order valence-corrected chi connectivity index (χ2v) is 4.68. The van der Waals surface area contributed by atoms with Crippen LogP contribution >= 0.6 is 0 Å². The largest absolute Gasteiger partial charge is 0.383 e. The van der Waals surface area contributed by atoms with Gasteiger partial charge in [0.1, 0.15) is 0 Å². The lowest BCUT2D eigenvalue weighted by Gasteiger charge is -2.03. The van der Waals surface area contributed by atoms with E-state index in [4.69, 9.17) is 4.74 Å². The fraction of sp³-hybridized carbons (Fsp3) is 0.357. The number of hydrogen-bond acceptors (Lipinski definition) is 3. The van der Waals surface area contributed by atoms with Gasteiger partial charge >= 0.3 is 0 Å². The van der Waals surface area contributed by atoms with Crippen molar-refractivity contribution < 1.29 is 4.74 Å². The summed E-state index contributed by atoms with van der Waals surface area (Å²) in [6.45, 7) is 3.59. The molecule has 0 saturated carbocycles. The third-order valence-electron chi connectivity index (χ3n) is 3.37. The van der Waals surface area contributed by atoms with Gasteiger partial charge in [-0.2, -0.15) is 5.10 Å². The Balaban J connectivity index is 1.89. The van der Waals surface area contributed by atoms with E-state index in [1.165, 1.54) is 22.3 Å². The molecule has 0 saturated heterocycles. The third-order valence-corrected chi connectivity index (χ3v) is 3.37. The molecule has 1 heterocycles. The molecule has 1 aliphatic carbocycles. The van der Waals surface area contributed by atoms with Crippen LogP contribution in [0.1, 0.15) is 16.7 Å². The summed E-state index contributed by atoms with van der Waals surface area (Å²) < 4.78 is 5.04. The van der Waals surface area contributed by atoms with Crippen LogP contribution in [0.15, 0.2) is 18.2 Å². The molecule has 2 N–H and O–H groups in total. The van der Waals surface area contributed by atoms with E-state index in [9.17, 15) is 0 Å². The highest BCUT2D eigenvalue weighted by molar-refractivity contribution is 5.78. The number of aromatic amines is 1. The number of ether oxygens (including phenoxy) is 1. The van der Waals surface area contributed by atoms with Gasteiger partial charge in [-0.25, -0.2) is 0 Å². The van der Waals surface area contributed by atoms with Crippen molar-refractivity contribution in [3.05, 3.63) is 34.9 Å². The molecule has 2 aromatic rings. The summed E-state index contributed by atoms with van der Waals surface area (Å²) in [5, 5.41) is 10.8. The molecule has 0 spiro atoms. The van der Waals surface area contributed by atoms with Crippen molar-refractivity contribution in [2.24, 2.45) is 0 Å². The van der Waals surface area contributed by atoms with Crippen molar-refractivity contribution in [3.63, 3.8) is 0 Å². The molecule has 1 aromatic carbocycles. The fourth-order valence-electron chi connectivity index (χ4n) is 2.45. The molecule has 94 valence electrons. The van der Waals surface area contributed by atoms with Crippen LogP contribution in [-0.4, -0.2) is 30.5 Å². The number of nitrogens with one attached hydrogen (secondary N) is 2. The molecule has 0 unspecified atom stereocenters. The Morgan fingerprint density at radius 2 is 2.33 bits per heavy atom. The molecule has 18 heavy (non-hydrogen) atoms. The molecule has 0 atom stereocenters. The summed E-state index contributed by atoms with van der Waals surface area (Å²) in [5.74, 6) is 0.955. The lowest BCUT2D eigenvalue weighted by Crippen LogP contribution is -2.09. The van der Waals surface area contributed by atoms with E-state index in [1.54, 1.807) is 7.11 Å². The Morgan fingerprint density at radius 1 is 1.44 bits per heavy atom. The minimum absolute atomic E-state index is 0.688. The number of nitrogens with zero attached hydrogens (tertiary/aromatic N) is 1. The molecule has 0 amide bonds. The zero-order valence-corrected chi connectivity index (χ0v) is 10.7. The van der Waals surface area contributed by atoms with Crippen LogP contribution in [0.4, 0.5) is 5.82 Å². The van der Waals surface area contributed by atoms with Crippen molar-refractivity contribution >= 4 is 5.82 Å². The fourth-order valence-corrected chi connectivity index (χ4v) is 2.45. The molecule has 1 aliphatic rings. The van der Waals surface area contributed by atoms with E-state index in [1.807, 2.05) is 0 Å². The maximum absolute atomic E-state index is 5.04. The Morgan fingerprint density at radius 3 is 3.17 bits per heavy atom. The Hall–Kier alpha value is -1.81. The minimum atomic E-state index is 0.688. The first kappa shape index (κ1) is 11.3. The van der Waals surface area contributed by atoms with Crippen LogP contribution in [0, 0.1) is 6.92 Å². The van der Waals surface area contributed by atoms with Gasteiger partial charge in [0.05, 0.1) is 12.3 Å². The van der Waals surface area contributed by atoms with Gasteiger partial charge in [-0.1, -0.05) is 17.7 Å². The van der Waals surface area contributed by atoms with Crippen LogP contribution < -0.4 is 5.32 Å². The SMILES string of the molecule is COCCNc1n[nH]c2c1Cc1ccc(C)cc1-2. The molecular formula is C14H17N3O. The zero-order valence-electron chi connectivity index (χ0n) is 10.7. The normalized spacial score (nSPS) is 12.3. The van der Waals surface area contributed by atoms with E-state index < -0.39 is 0 Å². The van der Waals surface area contributed by atoms with Crippen LogP contribution in [-0.2, 0) is 11.2 Å². The van der Waals surface area contributed by atoms with E-state index in [0.29, 0.717) is 6.61 Å². The molecule has 0 aliphatic heterocycles. The van der Waals surface area contributed by atoms with Crippen molar-refractivity contribution in [1.29, 1.82) is 0 Å². The topological polar surface area (TPSA) is 49.9 Å². The Labute approximate surface area is 106 Å². The van der Waals surface area contributed by atoms with E-state index >= 15 is 0 Å². The average molecular weight is 243 g/mol. The van der Waals surface area contributed by atoms with Gasteiger partial charge in [-0.05, 0) is 18.6 Å². The first-order valence-corrected chi connectivity index (χ1v) is 6.19. The molecule has 4 nitrogen and oxygen atoms in total. The quantitative estimate of drug-likeness (QED) is 0.691. The van der Waals surface area contributed by atoms with Crippen molar-refractivity contribution in [2.45, 2.75) is 13.3 Å². The maximum atomic E-state index is 5.04. The van der Waals surface area contributed by atoms with E-state index in [-0.39, 0.29) is 0 Å². The summed E-state index contributed by atoms with van der Waals surface area (Å²) >= 11 is 0. The lowest BCUT2D eigenvalue weighted by molar-refractivity contribution is 0.210. The van der Waals surface area contributed by atoms with Crippen LogP contribution in [0.3, 0.4) is 0 Å². The lowest BCUT2D eigenvalue weighted by atomic mass is 10.1. The Kier molecular flexibility index (Phi) is 2.80. The van der Waals surface area contributed by atoms with Gasteiger partial charge in [-0.15, -0.1) is 0 Å². The summed E-state index contributed by atoms with van der Waals surface area (Å²) in [6.07, 6.45) is 0.955. The predicted octanol–water partition coefficient (Wildman–Crippen LogP) is 2.35. The highest BCUT2D eigenvalue weighted by Crippen LogP contribution is 2.38. The van der Waals surface area contributed by atoms with E-state index in [0.717, 1.165) is 24.5 Å². The van der Waals surface area contributed by atoms with Gasteiger partial charge in [0, 0.05) is 31.2 Å². The molecule has 0 fully saturated rings. The number of methoxy groups -OCH3 is 1. The number of aryl methyl sites for hydroxylation is 1. The second-order valence-electron chi connectivity index (χ2n) is 4.68.